The molecule has 4 rings (SSSR count). The summed E-state index contributed by atoms with van der Waals surface area (Å²) >= 11 is 0. The van der Waals surface area contributed by atoms with E-state index in [1.807, 2.05) is 62.5 Å². The molecule has 0 saturated carbocycles. The fraction of sp³-hybridized carbons (Fsp3) is 0.150. The van der Waals surface area contributed by atoms with Crippen molar-refractivity contribution in [3.63, 3.8) is 0 Å². The molecule has 0 saturated heterocycles. The molecule has 4 aromatic rings. The molecule has 0 aliphatic carbocycles. The zero-order chi connectivity index (χ0) is 18.1. The van der Waals surface area contributed by atoms with Crippen LogP contribution in [0.4, 0.5) is 0 Å². The number of benzene rings is 2. The van der Waals surface area contributed by atoms with Gasteiger partial charge in [0.25, 0.3) is 5.78 Å². The topological polar surface area (TPSA) is 72.5 Å². The maximum absolute atomic E-state index is 10.6. The SMILES string of the molecule is CC(C)Oc1ccc(-c2nc3nncn3cc2-c2ccccc2)c(O)c1. The standard InChI is InChI=1S/C20H18N4O2/c1-13(2)26-15-8-9-16(18(25)10-15)19-17(14-6-4-3-5-7-14)11-24-12-21-23-20(24)22-19/h3-13,25H,1-2H3. The van der Waals surface area contributed by atoms with Gasteiger partial charge in [0.15, 0.2) is 0 Å². The molecule has 6 heteroatoms. The van der Waals surface area contributed by atoms with Crippen LogP contribution in [0.3, 0.4) is 0 Å². The van der Waals surface area contributed by atoms with Crippen molar-refractivity contribution in [3.8, 4) is 33.9 Å². The molecule has 0 amide bonds. The molecule has 0 unspecified atom stereocenters. The Kier molecular flexibility index (Phi) is 4.01. The average molecular weight is 346 g/mol. The molecule has 2 aromatic heterocycles. The number of hydrogen-bond donors (Lipinski definition) is 1. The Hall–Kier alpha value is -3.41. The first-order valence-corrected chi connectivity index (χ1v) is 8.37. The van der Waals surface area contributed by atoms with Crippen LogP contribution in [0.2, 0.25) is 0 Å². The summed E-state index contributed by atoms with van der Waals surface area (Å²) in [6, 6.07) is 15.2. The maximum atomic E-state index is 10.6. The summed E-state index contributed by atoms with van der Waals surface area (Å²) in [5, 5.41) is 18.5. The molecule has 0 spiro atoms. The van der Waals surface area contributed by atoms with E-state index in [-0.39, 0.29) is 11.9 Å². The summed E-state index contributed by atoms with van der Waals surface area (Å²) in [4.78, 5) is 4.62. The van der Waals surface area contributed by atoms with E-state index in [2.05, 4.69) is 15.2 Å². The molecular formula is C20H18N4O2. The lowest BCUT2D eigenvalue weighted by Gasteiger charge is -2.14. The molecule has 0 aliphatic heterocycles. The Bertz CT molecular complexity index is 1060. The first-order valence-electron chi connectivity index (χ1n) is 8.37. The number of ether oxygens (including phenoxy) is 1. The van der Waals surface area contributed by atoms with Gasteiger partial charge in [-0.2, -0.15) is 0 Å². The molecule has 26 heavy (non-hydrogen) atoms. The molecular weight excluding hydrogens is 328 g/mol. The summed E-state index contributed by atoms with van der Waals surface area (Å²) in [7, 11) is 0. The monoisotopic (exact) mass is 346 g/mol. The number of nitrogens with zero attached hydrogens (tertiary/aromatic N) is 4. The van der Waals surface area contributed by atoms with Gasteiger partial charge in [-0.15, -0.1) is 10.2 Å². The third-order valence-corrected chi connectivity index (χ3v) is 3.97. The number of hydrogen-bond acceptors (Lipinski definition) is 5. The molecule has 2 aromatic carbocycles. The highest BCUT2D eigenvalue weighted by molar-refractivity contribution is 5.84. The van der Waals surface area contributed by atoms with Gasteiger partial charge in [0.1, 0.15) is 17.8 Å². The number of aromatic nitrogens is 4. The van der Waals surface area contributed by atoms with Crippen molar-refractivity contribution >= 4 is 5.78 Å². The van der Waals surface area contributed by atoms with Gasteiger partial charge in [0.05, 0.1) is 11.8 Å². The summed E-state index contributed by atoms with van der Waals surface area (Å²) in [6.07, 6.45) is 3.56. The summed E-state index contributed by atoms with van der Waals surface area (Å²) in [5.74, 6) is 1.20. The Morgan fingerprint density at radius 1 is 1.04 bits per heavy atom. The van der Waals surface area contributed by atoms with Crippen LogP contribution in [0.25, 0.3) is 28.2 Å². The number of phenols is 1. The fourth-order valence-electron chi connectivity index (χ4n) is 2.86. The second kappa shape index (κ2) is 6.48. The second-order valence-corrected chi connectivity index (χ2v) is 6.25. The minimum absolute atomic E-state index is 0.0330. The highest BCUT2D eigenvalue weighted by Crippen LogP contribution is 2.37. The average Bonchev–Trinajstić information content (AvgIpc) is 3.08. The first-order chi connectivity index (χ1) is 12.6. The van der Waals surface area contributed by atoms with Gasteiger partial charge in [-0.25, -0.2) is 4.98 Å². The van der Waals surface area contributed by atoms with Crippen molar-refractivity contribution in [3.05, 3.63) is 61.1 Å². The van der Waals surface area contributed by atoms with Gasteiger partial charge in [-0.05, 0) is 31.5 Å². The van der Waals surface area contributed by atoms with Crippen LogP contribution in [-0.2, 0) is 0 Å². The van der Waals surface area contributed by atoms with E-state index in [1.54, 1.807) is 16.8 Å². The van der Waals surface area contributed by atoms with Gasteiger partial charge >= 0.3 is 0 Å². The molecule has 0 radical (unpaired) electrons. The first kappa shape index (κ1) is 16.1. The molecule has 0 atom stereocenters. The van der Waals surface area contributed by atoms with Crippen LogP contribution in [0.5, 0.6) is 11.5 Å². The van der Waals surface area contributed by atoms with E-state index in [4.69, 9.17) is 4.74 Å². The zero-order valence-corrected chi connectivity index (χ0v) is 14.5. The third kappa shape index (κ3) is 2.97. The fourth-order valence-corrected chi connectivity index (χ4v) is 2.86. The lowest BCUT2D eigenvalue weighted by Crippen LogP contribution is -2.05. The molecule has 0 fully saturated rings. The molecule has 130 valence electrons. The zero-order valence-electron chi connectivity index (χ0n) is 14.5. The van der Waals surface area contributed by atoms with E-state index < -0.39 is 0 Å². The van der Waals surface area contributed by atoms with Crippen LogP contribution < -0.4 is 4.74 Å². The largest absolute Gasteiger partial charge is 0.507 e. The van der Waals surface area contributed by atoms with Gasteiger partial charge < -0.3 is 9.84 Å². The quantitative estimate of drug-likeness (QED) is 0.606. The van der Waals surface area contributed by atoms with E-state index in [9.17, 15) is 5.11 Å². The number of aromatic hydroxyl groups is 1. The van der Waals surface area contributed by atoms with Crippen molar-refractivity contribution in [1.82, 2.24) is 19.6 Å². The number of rotatable bonds is 4. The summed E-state index contributed by atoms with van der Waals surface area (Å²) in [6.45, 7) is 3.89. The highest BCUT2D eigenvalue weighted by atomic mass is 16.5. The predicted molar refractivity (Wildman–Crippen MR) is 99.1 cm³/mol. The van der Waals surface area contributed by atoms with E-state index in [0.29, 0.717) is 22.8 Å². The van der Waals surface area contributed by atoms with E-state index >= 15 is 0 Å². The van der Waals surface area contributed by atoms with Gasteiger partial charge in [0, 0.05) is 23.4 Å². The van der Waals surface area contributed by atoms with Crippen molar-refractivity contribution < 1.29 is 9.84 Å². The molecule has 0 bridgehead atoms. The third-order valence-electron chi connectivity index (χ3n) is 3.97. The van der Waals surface area contributed by atoms with Crippen molar-refractivity contribution in [2.75, 3.05) is 0 Å². The van der Waals surface area contributed by atoms with Crippen LogP contribution >= 0.6 is 0 Å². The summed E-state index contributed by atoms with van der Waals surface area (Å²) in [5.41, 5.74) is 3.13. The predicted octanol–water partition coefficient (Wildman–Crippen LogP) is 3.95. The van der Waals surface area contributed by atoms with Crippen molar-refractivity contribution in [1.29, 1.82) is 0 Å². The molecule has 0 aliphatic rings. The number of fused-ring (bicyclic) bond motifs is 1. The normalized spacial score (nSPS) is 11.2. The maximum Gasteiger partial charge on any atom is 0.255 e. The van der Waals surface area contributed by atoms with Crippen LogP contribution in [0.15, 0.2) is 61.1 Å². The number of phenolic OH excluding ortho intramolecular Hbond substituents is 1. The van der Waals surface area contributed by atoms with E-state index in [1.165, 1.54) is 0 Å². The molecule has 2 heterocycles. The van der Waals surface area contributed by atoms with Crippen LogP contribution in [0, 0.1) is 0 Å². The lowest BCUT2D eigenvalue weighted by molar-refractivity contribution is 0.241. The van der Waals surface area contributed by atoms with Crippen molar-refractivity contribution in [2.45, 2.75) is 20.0 Å². The second-order valence-electron chi connectivity index (χ2n) is 6.25. The Balaban J connectivity index is 1.90. The highest BCUT2D eigenvalue weighted by Gasteiger charge is 2.16. The Morgan fingerprint density at radius 3 is 2.58 bits per heavy atom. The lowest BCUT2D eigenvalue weighted by atomic mass is 10.00. The van der Waals surface area contributed by atoms with E-state index in [0.717, 1.165) is 11.1 Å². The summed E-state index contributed by atoms with van der Waals surface area (Å²) < 4.78 is 7.41. The molecule has 6 nitrogen and oxygen atoms in total. The van der Waals surface area contributed by atoms with Gasteiger partial charge in [-0.1, -0.05) is 30.3 Å². The van der Waals surface area contributed by atoms with Crippen molar-refractivity contribution in [2.24, 2.45) is 0 Å². The minimum Gasteiger partial charge on any atom is -0.507 e. The Morgan fingerprint density at radius 2 is 1.85 bits per heavy atom. The van der Waals surface area contributed by atoms with Crippen LogP contribution in [-0.4, -0.2) is 30.8 Å². The minimum atomic E-state index is 0.0330. The van der Waals surface area contributed by atoms with Crippen LogP contribution in [0.1, 0.15) is 13.8 Å². The van der Waals surface area contributed by atoms with Gasteiger partial charge in [-0.3, -0.25) is 4.40 Å². The molecule has 1 N–H and O–H groups in total. The van der Waals surface area contributed by atoms with Gasteiger partial charge in [0.2, 0.25) is 0 Å². The smallest absolute Gasteiger partial charge is 0.255 e. The Labute approximate surface area is 150 Å².